The monoisotopic (exact) mass is 217 g/mol. The Morgan fingerprint density at radius 2 is 1.93 bits per heavy atom. The van der Waals surface area contributed by atoms with E-state index >= 15 is 0 Å². The van der Waals surface area contributed by atoms with Crippen LogP contribution in [0, 0.1) is 5.82 Å². The SMILES string of the molecule is CC(C)(N)Cc1ccc(C(F)F)c(F)c1. The van der Waals surface area contributed by atoms with Gasteiger partial charge in [0.25, 0.3) is 6.43 Å². The molecule has 1 aromatic carbocycles. The lowest BCUT2D eigenvalue weighted by Gasteiger charge is -2.18. The molecule has 0 fully saturated rings. The Morgan fingerprint density at radius 1 is 1.33 bits per heavy atom. The minimum atomic E-state index is -2.77. The van der Waals surface area contributed by atoms with Crippen LogP contribution in [-0.4, -0.2) is 5.54 Å². The van der Waals surface area contributed by atoms with E-state index in [1.807, 2.05) is 0 Å². The number of benzene rings is 1. The van der Waals surface area contributed by atoms with Gasteiger partial charge in [-0.2, -0.15) is 0 Å². The summed E-state index contributed by atoms with van der Waals surface area (Å²) >= 11 is 0. The van der Waals surface area contributed by atoms with E-state index in [2.05, 4.69) is 0 Å². The first-order valence-electron chi connectivity index (χ1n) is 4.65. The Morgan fingerprint density at radius 3 is 2.33 bits per heavy atom. The Hall–Kier alpha value is -1.03. The van der Waals surface area contributed by atoms with Crippen LogP contribution in [0.5, 0.6) is 0 Å². The average molecular weight is 217 g/mol. The lowest BCUT2D eigenvalue weighted by molar-refractivity contribution is 0.146. The van der Waals surface area contributed by atoms with Crippen molar-refractivity contribution in [1.82, 2.24) is 0 Å². The third-order valence-electron chi connectivity index (χ3n) is 1.96. The van der Waals surface area contributed by atoms with Crippen LogP contribution in [0.3, 0.4) is 0 Å². The van der Waals surface area contributed by atoms with Crippen molar-refractivity contribution in [3.63, 3.8) is 0 Å². The van der Waals surface area contributed by atoms with Crippen LogP contribution in [0.25, 0.3) is 0 Å². The van der Waals surface area contributed by atoms with Crippen molar-refractivity contribution in [3.05, 3.63) is 35.1 Å². The first kappa shape index (κ1) is 12.0. The molecule has 0 atom stereocenters. The Kier molecular flexibility index (Phi) is 3.39. The summed E-state index contributed by atoms with van der Waals surface area (Å²) in [6.45, 7) is 3.60. The van der Waals surface area contributed by atoms with Gasteiger partial charge in [-0.15, -0.1) is 0 Å². The van der Waals surface area contributed by atoms with E-state index in [1.54, 1.807) is 13.8 Å². The molecule has 0 unspecified atom stereocenters. The van der Waals surface area contributed by atoms with Crippen LogP contribution in [-0.2, 0) is 6.42 Å². The molecule has 0 amide bonds. The molecule has 0 heterocycles. The predicted molar refractivity (Wildman–Crippen MR) is 53.3 cm³/mol. The number of nitrogens with two attached hydrogens (primary N) is 1. The van der Waals surface area contributed by atoms with Gasteiger partial charge in [0.1, 0.15) is 5.82 Å². The molecule has 0 radical (unpaired) electrons. The van der Waals surface area contributed by atoms with Crippen LogP contribution >= 0.6 is 0 Å². The van der Waals surface area contributed by atoms with Crippen molar-refractivity contribution in [1.29, 1.82) is 0 Å². The van der Waals surface area contributed by atoms with Crippen LogP contribution in [0.2, 0.25) is 0 Å². The fraction of sp³-hybridized carbons (Fsp3) is 0.455. The summed E-state index contributed by atoms with van der Waals surface area (Å²) in [5.74, 6) is -0.869. The van der Waals surface area contributed by atoms with E-state index in [1.165, 1.54) is 6.07 Å². The van der Waals surface area contributed by atoms with Crippen molar-refractivity contribution >= 4 is 0 Å². The zero-order valence-electron chi connectivity index (χ0n) is 8.73. The fourth-order valence-corrected chi connectivity index (χ4v) is 1.38. The molecule has 0 aliphatic heterocycles. The lowest BCUT2D eigenvalue weighted by Crippen LogP contribution is -2.34. The largest absolute Gasteiger partial charge is 0.325 e. The predicted octanol–water partition coefficient (Wildman–Crippen LogP) is 3.04. The number of hydrogen-bond acceptors (Lipinski definition) is 1. The maximum Gasteiger partial charge on any atom is 0.266 e. The quantitative estimate of drug-likeness (QED) is 0.827. The number of hydrogen-bond donors (Lipinski definition) is 1. The van der Waals surface area contributed by atoms with Crippen molar-refractivity contribution in [3.8, 4) is 0 Å². The third-order valence-corrected chi connectivity index (χ3v) is 1.96. The molecule has 0 aliphatic rings. The minimum Gasteiger partial charge on any atom is -0.325 e. The molecule has 2 N–H and O–H groups in total. The second-order valence-electron chi connectivity index (χ2n) is 4.32. The van der Waals surface area contributed by atoms with Gasteiger partial charge >= 0.3 is 0 Å². The summed E-state index contributed by atoms with van der Waals surface area (Å²) in [5.41, 5.74) is 5.34. The molecule has 0 aliphatic carbocycles. The zero-order chi connectivity index (χ0) is 11.6. The number of alkyl halides is 2. The maximum atomic E-state index is 13.2. The number of rotatable bonds is 3. The van der Waals surface area contributed by atoms with Gasteiger partial charge in [-0.1, -0.05) is 12.1 Å². The van der Waals surface area contributed by atoms with E-state index < -0.39 is 23.3 Å². The second-order valence-corrected chi connectivity index (χ2v) is 4.32. The van der Waals surface area contributed by atoms with Gasteiger partial charge in [0.05, 0.1) is 5.56 Å². The first-order chi connectivity index (χ1) is 6.79. The van der Waals surface area contributed by atoms with E-state index in [-0.39, 0.29) is 0 Å². The molecule has 4 heteroatoms. The third kappa shape index (κ3) is 3.55. The lowest BCUT2D eigenvalue weighted by atomic mass is 9.95. The summed E-state index contributed by atoms with van der Waals surface area (Å²) < 4.78 is 37.6. The maximum absolute atomic E-state index is 13.2. The van der Waals surface area contributed by atoms with Crippen LogP contribution in [0.1, 0.15) is 31.4 Å². The Bertz CT molecular complexity index is 342. The summed E-state index contributed by atoms with van der Waals surface area (Å²) in [5, 5.41) is 0. The molecule has 0 spiro atoms. The van der Waals surface area contributed by atoms with Crippen molar-refractivity contribution in [2.45, 2.75) is 32.2 Å². The minimum absolute atomic E-state index is 0.452. The van der Waals surface area contributed by atoms with Crippen molar-refractivity contribution < 1.29 is 13.2 Å². The van der Waals surface area contributed by atoms with Gasteiger partial charge in [0, 0.05) is 5.54 Å². The van der Waals surface area contributed by atoms with Gasteiger partial charge in [-0.25, -0.2) is 13.2 Å². The highest BCUT2D eigenvalue weighted by Crippen LogP contribution is 2.23. The highest BCUT2D eigenvalue weighted by atomic mass is 19.3. The van der Waals surface area contributed by atoms with Gasteiger partial charge in [-0.3, -0.25) is 0 Å². The first-order valence-corrected chi connectivity index (χ1v) is 4.65. The molecule has 1 nitrogen and oxygen atoms in total. The molecular formula is C11H14F3N. The Balaban J connectivity index is 2.92. The van der Waals surface area contributed by atoms with E-state index in [4.69, 9.17) is 5.73 Å². The molecule has 84 valence electrons. The highest BCUT2D eigenvalue weighted by molar-refractivity contribution is 5.26. The molecule has 1 aromatic rings. The van der Waals surface area contributed by atoms with Crippen LogP contribution in [0.15, 0.2) is 18.2 Å². The van der Waals surface area contributed by atoms with E-state index in [9.17, 15) is 13.2 Å². The molecule has 0 saturated heterocycles. The van der Waals surface area contributed by atoms with Gasteiger partial charge < -0.3 is 5.73 Å². The van der Waals surface area contributed by atoms with Gasteiger partial charge in [0.2, 0.25) is 0 Å². The summed E-state index contributed by atoms with van der Waals surface area (Å²) in [6.07, 6.45) is -2.32. The van der Waals surface area contributed by atoms with Gasteiger partial charge in [-0.05, 0) is 31.9 Å². The highest BCUT2D eigenvalue weighted by Gasteiger charge is 2.16. The van der Waals surface area contributed by atoms with Crippen molar-refractivity contribution in [2.24, 2.45) is 5.73 Å². The molecule has 0 saturated carbocycles. The zero-order valence-corrected chi connectivity index (χ0v) is 8.73. The molecule has 15 heavy (non-hydrogen) atoms. The second kappa shape index (κ2) is 4.23. The molecule has 0 aromatic heterocycles. The van der Waals surface area contributed by atoms with Crippen LogP contribution < -0.4 is 5.73 Å². The molecule has 0 bridgehead atoms. The van der Waals surface area contributed by atoms with Gasteiger partial charge in [0.15, 0.2) is 0 Å². The summed E-state index contributed by atoms with van der Waals surface area (Å²) in [7, 11) is 0. The van der Waals surface area contributed by atoms with Crippen molar-refractivity contribution in [2.75, 3.05) is 0 Å². The standard InChI is InChI=1S/C11H14F3N/c1-11(2,15)6-7-3-4-8(10(13)14)9(12)5-7/h3-5,10H,6,15H2,1-2H3. The van der Waals surface area contributed by atoms with E-state index in [0.717, 1.165) is 12.1 Å². The molecular weight excluding hydrogens is 203 g/mol. The smallest absolute Gasteiger partial charge is 0.266 e. The van der Waals surface area contributed by atoms with E-state index in [0.29, 0.717) is 12.0 Å². The summed E-state index contributed by atoms with van der Waals surface area (Å²) in [4.78, 5) is 0. The normalized spacial score (nSPS) is 12.2. The summed E-state index contributed by atoms with van der Waals surface area (Å²) in [6, 6.07) is 3.72. The average Bonchev–Trinajstić information content (AvgIpc) is 1.99. The Labute approximate surface area is 87.1 Å². The fourth-order valence-electron chi connectivity index (χ4n) is 1.38. The number of halogens is 3. The topological polar surface area (TPSA) is 26.0 Å². The molecule has 1 rings (SSSR count). The van der Waals surface area contributed by atoms with Crippen LogP contribution in [0.4, 0.5) is 13.2 Å².